The lowest BCUT2D eigenvalue weighted by Crippen LogP contribution is -1.94. The number of rotatable bonds is 4. The minimum absolute atomic E-state index is 0.333. The molecule has 0 fully saturated rings. The second kappa shape index (κ2) is 5.98. The van der Waals surface area contributed by atoms with Gasteiger partial charge < -0.3 is 14.6 Å². The van der Waals surface area contributed by atoms with Gasteiger partial charge in [0, 0.05) is 17.9 Å². The third-order valence-corrected chi connectivity index (χ3v) is 3.79. The van der Waals surface area contributed by atoms with Gasteiger partial charge in [0.15, 0.2) is 0 Å². The SMILES string of the molecule is COc1cc(Cc2ccc3ccccc3c2O)cc(OC)c1. The summed E-state index contributed by atoms with van der Waals surface area (Å²) in [5.74, 6) is 1.82. The molecular formula is C19H18O3. The van der Waals surface area contributed by atoms with Crippen LogP contribution in [0, 0.1) is 0 Å². The molecule has 3 aromatic carbocycles. The molecule has 0 amide bonds. The lowest BCUT2D eigenvalue weighted by atomic mass is 9.99. The zero-order chi connectivity index (χ0) is 15.5. The summed E-state index contributed by atoms with van der Waals surface area (Å²) in [4.78, 5) is 0. The highest BCUT2D eigenvalue weighted by Crippen LogP contribution is 2.31. The van der Waals surface area contributed by atoms with E-state index in [-0.39, 0.29) is 0 Å². The topological polar surface area (TPSA) is 38.7 Å². The van der Waals surface area contributed by atoms with Gasteiger partial charge in [-0.25, -0.2) is 0 Å². The fourth-order valence-electron chi connectivity index (χ4n) is 2.63. The van der Waals surface area contributed by atoms with Crippen molar-refractivity contribution in [1.29, 1.82) is 0 Å². The van der Waals surface area contributed by atoms with Crippen molar-refractivity contribution in [2.45, 2.75) is 6.42 Å². The maximum atomic E-state index is 10.5. The Morgan fingerprint density at radius 1 is 0.864 bits per heavy atom. The molecule has 3 nitrogen and oxygen atoms in total. The highest BCUT2D eigenvalue weighted by Gasteiger charge is 2.09. The molecule has 0 aliphatic heterocycles. The molecule has 0 spiro atoms. The van der Waals surface area contributed by atoms with Gasteiger partial charge in [-0.15, -0.1) is 0 Å². The molecule has 0 radical (unpaired) electrons. The number of phenols is 1. The Labute approximate surface area is 129 Å². The molecule has 0 heterocycles. The number of fused-ring (bicyclic) bond motifs is 1. The smallest absolute Gasteiger partial charge is 0.126 e. The van der Waals surface area contributed by atoms with Crippen molar-refractivity contribution in [3.8, 4) is 17.2 Å². The first kappa shape index (κ1) is 14.3. The molecule has 0 saturated heterocycles. The zero-order valence-electron chi connectivity index (χ0n) is 12.7. The quantitative estimate of drug-likeness (QED) is 0.785. The number of benzene rings is 3. The van der Waals surface area contributed by atoms with Crippen LogP contribution in [0.3, 0.4) is 0 Å². The van der Waals surface area contributed by atoms with Gasteiger partial charge in [0.25, 0.3) is 0 Å². The predicted molar refractivity (Wildman–Crippen MR) is 88.0 cm³/mol. The van der Waals surface area contributed by atoms with E-state index in [9.17, 15) is 5.11 Å². The van der Waals surface area contributed by atoms with Gasteiger partial charge in [0.05, 0.1) is 14.2 Å². The maximum absolute atomic E-state index is 10.5. The predicted octanol–water partition coefficient (Wildman–Crippen LogP) is 4.15. The van der Waals surface area contributed by atoms with E-state index in [2.05, 4.69) is 0 Å². The lowest BCUT2D eigenvalue weighted by molar-refractivity contribution is 0.393. The van der Waals surface area contributed by atoms with Crippen molar-refractivity contribution in [3.63, 3.8) is 0 Å². The number of aromatic hydroxyl groups is 1. The van der Waals surface area contributed by atoms with Gasteiger partial charge in [0.2, 0.25) is 0 Å². The van der Waals surface area contributed by atoms with E-state index in [1.807, 2.05) is 54.6 Å². The number of ether oxygens (including phenoxy) is 2. The van der Waals surface area contributed by atoms with Crippen LogP contribution in [0.15, 0.2) is 54.6 Å². The van der Waals surface area contributed by atoms with Crippen molar-refractivity contribution in [1.82, 2.24) is 0 Å². The van der Waals surface area contributed by atoms with Crippen LogP contribution in [0.4, 0.5) is 0 Å². The van der Waals surface area contributed by atoms with Crippen molar-refractivity contribution in [2.75, 3.05) is 14.2 Å². The standard InChI is InChI=1S/C19H18O3/c1-21-16-10-13(11-17(12-16)22-2)9-15-8-7-14-5-3-4-6-18(14)19(15)20/h3-8,10-12,20H,9H2,1-2H3. The largest absolute Gasteiger partial charge is 0.507 e. The van der Waals surface area contributed by atoms with Gasteiger partial charge in [-0.05, 0) is 28.6 Å². The molecule has 0 aromatic heterocycles. The number of methoxy groups -OCH3 is 2. The average molecular weight is 294 g/mol. The fraction of sp³-hybridized carbons (Fsp3) is 0.158. The molecule has 22 heavy (non-hydrogen) atoms. The molecule has 0 aliphatic carbocycles. The molecule has 3 aromatic rings. The monoisotopic (exact) mass is 294 g/mol. The van der Waals surface area contributed by atoms with Crippen LogP contribution in [0.1, 0.15) is 11.1 Å². The van der Waals surface area contributed by atoms with E-state index in [1.165, 1.54) is 0 Å². The Kier molecular flexibility index (Phi) is 3.88. The van der Waals surface area contributed by atoms with Crippen molar-refractivity contribution in [2.24, 2.45) is 0 Å². The highest BCUT2D eigenvalue weighted by atomic mass is 16.5. The third kappa shape index (κ3) is 2.70. The Balaban J connectivity index is 2.01. The average Bonchev–Trinajstić information content (AvgIpc) is 2.57. The summed E-state index contributed by atoms with van der Waals surface area (Å²) in [6, 6.07) is 17.6. The summed E-state index contributed by atoms with van der Waals surface area (Å²) < 4.78 is 10.6. The molecule has 112 valence electrons. The molecule has 3 heteroatoms. The third-order valence-electron chi connectivity index (χ3n) is 3.79. The van der Waals surface area contributed by atoms with E-state index in [0.717, 1.165) is 33.4 Å². The molecule has 3 rings (SSSR count). The van der Waals surface area contributed by atoms with E-state index in [0.29, 0.717) is 12.2 Å². The summed E-state index contributed by atoms with van der Waals surface area (Å²) in [6.07, 6.45) is 0.615. The van der Waals surface area contributed by atoms with Gasteiger partial charge in [-0.1, -0.05) is 36.4 Å². The number of phenolic OH excluding ortho intramolecular Hbond substituents is 1. The van der Waals surface area contributed by atoms with Crippen molar-refractivity contribution in [3.05, 3.63) is 65.7 Å². The van der Waals surface area contributed by atoms with Crippen LogP contribution >= 0.6 is 0 Å². The fourth-order valence-corrected chi connectivity index (χ4v) is 2.63. The molecule has 0 unspecified atom stereocenters. The minimum atomic E-state index is 0.333. The Morgan fingerprint density at radius 3 is 2.23 bits per heavy atom. The second-order valence-electron chi connectivity index (χ2n) is 5.19. The summed E-state index contributed by atoms with van der Waals surface area (Å²) >= 11 is 0. The second-order valence-corrected chi connectivity index (χ2v) is 5.19. The normalized spacial score (nSPS) is 10.6. The van der Waals surface area contributed by atoms with Crippen LogP contribution in [0.2, 0.25) is 0 Å². The molecule has 0 saturated carbocycles. The molecular weight excluding hydrogens is 276 g/mol. The highest BCUT2D eigenvalue weighted by molar-refractivity contribution is 5.89. The summed E-state index contributed by atoms with van der Waals surface area (Å²) in [5.41, 5.74) is 1.91. The molecule has 0 atom stereocenters. The van der Waals surface area contributed by atoms with Gasteiger partial charge in [0.1, 0.15) is 17.2 Å². The number of hydrogen-bond donors (Lipinski definition) is 1. The lowest BCUT2D eigenvalue weighted by Gasteiger charge is -2.11. The minimum Gasteiger partial charge on any atom is -0.507 e. The Hall–Kier alpha value is -2.68. The molecule has 0 aliphatic rings. The van der Waals surface area contributed by atoms with Crippen LogP contribution in [0.5, 0.6) is 17.2 Å². The zero-order valence-corrected chi connectivity index (χ0v) is 12.7. The van der Waals surface area contributed by atoms with E-state index in [4.69, 9.17) is 9.47 Å². The van der Waals surface area contributed by atoms with Crippen molar-refractivity contribution < 1.29 is 14.6 Å². The van der Waals surface area contributed by atoms with Gasteiger partial charge in [-0.2, -0.15) is 0 Å². The first-order valence-electron chi connectivity index (χ1n) is 7.13. The van der Waals surface area contributed by atoms with Crippen LogP contribution in [-0.4, -0.2) is 19.3 Å². The first-order chi connectivity index (χ1) is 10.7. The van der Waals surface area contributed by atoms with Crippen LogP contribution < -0.4 is 9.47 Å². The van der Waals surface area contributed by atoms with E-state index >= 15 is 0 Å². The van der Waals surface area contributed by atoms with Crippen LogP contribution in [-0.2, 0) is 6.42 Å². The van der Waals surface area contributed by atoms with E-state index in [1.54, 1.807) is 14.2 Å². The molecule has 1 N–H and O–H groups in total. The summed E-state index contributed by atoms with van der Waals surface area (Å²) in [6.45, 7) is 0. The summed E-state index contributed by atoms with van der Waals surface area (Å²) in [7, 11) is 3.26. The van der Waals surface area contributed by atoms with Gasteiger partial charge in [-0.3, -0.25) is 0 Å². The Bertz CT molecular complexity index is 787. The maximum Gasteiger partial charge on any atom is 0.126 e. The first-order valence-corrected chi connectivity index (χ1v) is 7.13. The Morgan fingerprint density at radius 2 is 1.55 bits per heavy atom. The number of hydrogen-bond acceptors (Lipinski definition) is 3. The van der Waals surface area contributed by atoms with Crippen LogP contribution in [0.25, 0.3) is 10.8 Å². The van der Waals surface area contributed by atoms with E-state index < -0.39 is 0 Å². The van der Waals surface area contributed by atoms with Gasteiger partial charge >= 0.3 is 0 Å². The molecule has 0 bridgehead atoms. The van der Waals surface area contributed by atoms with Crippen molar-refractivity contribution >= 4 is 10.8 Å². The summed E-state index contributed by atoms with van der Waals surface area (Å²) in [5, 5.41) is 12.4.